The van der Waals surface area contributed by atoms with Gasteiger partial charge in [-0.1, -0.05) is 97.6 Å². The Bertz CT molecular complexity index is 762. The lowest BCUT2D eigenvalue weighted by Crippen LogP contribution is -2.70. The maximum absolute atomic E-state index is 12.6. The Labute approximate surface area is 149 Å². The molecule has 0 fully saturated rings. The first-order valence-corrected chi connectivity index (χ1v) is 10.1. The normalized spacial score (nSPS) is 10.9. The molecule has 0 unspecified atom stereocenters. The molecule has 3 rings (SSSR count). The molecular formula is C22H20O2Si. The third-order valence-electron chi connectivity index (χ3n) is 4.14. The van der Waals surface area contributed by atoms with E-state index in [1.54, 1.807) is 6.92 Å². The van der Waals surface area contributed by atoms with E-state index in [1.165, 1.54) is 0 Å². The van der Waals surface area contributed by atoms with Crippen LogP contribution in [0.3, 0.4) is 0 Å². The van der Waals surface area contributed by atoms with E-state index < -0.39 is 8.32 Å². The molecule has 3 heteroatoms. The Morgan fingerprint density at radius 2 is 1.04 bits per heavy atom. The molecule has 0 N–H and O–H groups in total. The fourth-order valence-corrected chi connectivity index (χ4v) is 6.71. The van der Waals surface area contributed by atoms with Crippen molar-refractivity contribution in [3.8, 4) is 0 Å². The van der Waals surface area contributed by atoms with E-state index in [0.717, 1.165) is 15.6 Å². The minimum atomic E-state index is -2.96. The van der Waals surface area contributed by atoms with Gasteiger partial charge in [-0.2, -0.15) is 0 Å². The molecule has 0 atom stereocenters. The topological polar surface area (TPSA) is 26.3 Å². The molecule has 2 nitrogen and oxygen atoms in total. The fourth-order valence-electron chi connectivity index (χ4n) is 2.92. The van der Waals surface area contributed by atoms with Crippen molar-refractivity contribution < 1.29 is 9.22 Å². The van der Waals surface area contributed by atoms with Gasteiger partial charge >= 0.3 is 14.3 Å². The highest BCUT2D eigenvalue weighted by Crippen LogP contribution is 2.12. The van der Waals surface area contributed by atoms with E-state index >= 15 is 0 Å². The number of carbonyl (C=O) groups excluding carboxylic acids is 1. The summed E-state index contributed by atoms with van der Waals surface area (Å²) in [6.45, 7) is 5.45. The Morgan fingerprint density at radius 3 is 1.32 bits per heavy atom. The number of carbonyl (C=O) groups is 1. The summed E-state index contributed by atoms with van der Waals surface area (Å²) in [5, 5.41) is 3.09. The van der Waals surface area contributed by atoms with Crippen molar-refractivity contribution in [2.45, 2.75) is 6.92 Å². The minimum absolute atomic E-state index is 0.358. The average molecular weight is 344 g/mol. The molecule has 0 aromatic heterocycles. The second-order valence-electron chi connectivity index (χ2n) is 5.95. The van der Waals surface area contributed by atoms with Gasteiger partial charge in [-0.3, -0.25) is 0 Å². The minimum Gasteiger partial charge on any atom is -0.502 e. The lowest BCUT2D eigenvalue weighted by atomic mass is 10.3. The van der Waals surface area contributed by atoms with Crippen LogP contribution in [0, 0.1) is 0 Å². The monoisotopic (exact) mass is 344 g/mol. The zero-order valence-electron chi connectivity index (χ0n) is 14.2. The molecule has 0 heterocycles. The van der Waals surface area contributed by atoms with E-state index in [-0.39, 0.29) is 5.97 Å². The van der Waals surface area contributed by atoms with Crippen molar-refractivity contribution in [3.63, 3.8) is 0 Å². The molecule has 0 aliphatic rings. The van der Waals surface area contributed by atoms with Crippen LogP contribution >= 0.6 is 0 Å². The number of benzene rings is 3. The predicted octanol–water partition coefficient (Wildman–Crippen LogP) is 2.77. The molecule has 25 heavy (non-hydrogen) atoms. The third kappa shape index (κ3) is 3.32. The molecule has 0 aliphatic heterocycles. The van der Waals surface area contributed by atoms with Crippen molar-refractivity contribution in [2.75, 3.05) is 0 Å². The number of hydrogen-bond acceptors (Lipinski definition) is 2. The SMILES string of the molecule is C=C(C)C(=O)O[Si](c1ccccc1)(c1ccccc1)c1ccccc1. The Morgan fingerprint density at radius 1 is 0.720 bits per heavy atom. The molecular weight excluding hydrogens is 324 g/mol. The second-order valence-corrected chi connectivity index (χ2v) is 9.25. The van der Waals surface area contributed by atoms with Gasteiger partial charge in [0.05, 0.1) is 0 Å². The number of hydrogen-bond donors (Lipinski definition) is 0. The highest BCUT2D eigenvalue weighted by atomic mass is 28.4. The first-order valence-electron chi connectivity index (χ1n) is 8.20. The summed E-state index contributed by atoms with van der Waals surface area (Å²) in [5.41, 5.74) is 0.402. The maximum Gasteiger partial charge on any atom is 0.350 e. The van der Waals surface area contributed by atoms with Crippen LogP contribution in [-0.4, -0.2) is 14.3 Å². The van der Waals surface area contributed by atoms with Crippen LogP contribution in [-0.2, 0) is 9.22 Å². The summed E-state index contributed by atoms with van der Waals surface area (Å²) < 4.78 is 6.26. The van der Waals surface area contributed by atoms with Crippen molar-refractivity contribution >= 4 is 29.8 Å². The van der Waals surface area contributed by atoms with Gasteiger partial charge in [0.15, 0.2) is 0 Å². The van der Waals surface area contributed by atoms with Crippen molar-refractivity contribution in [1.82, 2.24) is 0 Å². The fraction of sp³-hybridized carbons (Fsp3) is 0.0455. The van der Waals surface area contributed by atoms with Crippen LogP contribution in [0.15, 0.2) is 103 Å². The smallest absolute Gasteiger partial charge is 0.350 e. The molecule has 0 bridgehead atoms. The summed E-state index contributed by atoms with van der Waals surface area (Å²) in [4.78, 5) is 12.6. The van der Waals surface area contributed by atoms with Gasteiger partial charge in [0, 0.05) is 5.57 Å². The number of rotatable bonds is 5. The Balaban J connectivity index is 2.31. The van der Waals surface area contributed by atoms with Crippen LogP contribution in [0.25, 0.3) is 0 Å². The van der Waals surface area contributed by atoms with Crippen molar-refractivity contribution in [3.05, 3.63) is 103 Å². The van der Waals surface area contributed by atoms with Gasteiger partial charge in [0.2, 0.25) is 0 Å². The van der Waals surface area contributed by atoms with E-state index in [2.05, 4.69) is 6.58 Å². The second kappa shape index (κ2) is 7.32. The van der Waals surface area contributed by atoms with Gasteiger partial charge in [-0.25, -0.2) is 4.79 Å². The van der Waals surface area contributed by atoms with Crippen LogP contribution in [0.4, 0.5) is 0 Å². The Kier molecular flexibility index (Phi) is 4.96. The van der Waals surface area contributed by atoms with Gasteiger partial charge in [-0.05, 0) is 22.5 Å². The molecule has 0 radical (unpaired) electrons. The molecule has 3 aromatic carbocycles. The quantitative estimate of drug-likeness (QED) is 0.404. The lowest BCUT2D eigenvalue weighted by Gasteiger charge is -2.32. The summed E-state index contributed by atoms with van der Waals surface area (Å²) >= 11 is 0. The molecule has 0 saturated carbocycles. The molecule has 0 amide bonds. The van der Waals surface area contributed by atoms with Gasteiger partial charge in [0.1, 0.15) is 0 Å². The van der Waals surface area contributed by atoms with Gasteiger partial charge in [-0.15, -0.1) is 0 Å². The van der Waals surface area contributed by atoms with E-state index in [0.29, 0.717) is 5.57 Å². The predicted molar refractivity (Wildman–Crippen MR) is 105 cm³/mol. The highest BCUT2D eigenvalue weighted by molar-refractivity contribution is 7.07. The average Bonchev–Trinajstić information content (AvgIpc) is 2.68. The van der Waals surface area contributed by atoms with Gasteiger partial charge < -0.3 is 4.43 Å². The first kappa shape index (κ1) is 16.9. The summed E-state index contributed by atoms with van der Waals surface area (Å²) in [6.07, 6.45) is 0. The highest BCUT2D eigenvalue weighted by Gasteiger charge is 2.45. The molecule has 0 aliphatic carbocycles. The molecule has 124 valence electrons. The third-order valence-corrected chi connectivity index (χ3v) is 8.07. The molecule has 0 saturated heterocycles. The zero-order valence-corrected chi connectivity index (χ0v) is 15.2. The van der Waals surface area contributed by atoms with Crippen LogP contribution in [0.1, 0.15) is 6.92 Å². The summed E-state index contributed by atoms with van der Waals surface area (Å²) in [5.74, 6) is -0.358. The van der Waals surface area contributed by atoms with Crippen LogP contribution in [0.5, 0.6) is 0 Å². The van der Waals surface area contributed by atoms with E-state index in [1.807, 2.05) is 91.0 Å². The summed E-state index contributed by atoms with van der Waals surface area (Å²) in [7, 11) is -2.96. The molecule has 0 spiro atoms. The standard InChI is InChI=1S/C22H20O2Si/c1-18(2)22(23)24-25(19-12-6-3-7-13-19,20-14-8-4-9-15-20)21-16-10-5-11-17-21/h3-17H,1H2,2H3. The van der Waals surface area contributed by atoms with E-state index in [4.69, 9.17) is 4.43 Å². The largest absolute Gasteiger partial charge is 0.502 e. The summed E-state index contributed by atoms with van der Waals surface area (Å²) in [6, 6.07) is 30.1. The zero-order chi connectivity index (χ0) is 17.7. The Hall–Kier alpha value is -2.91. The molecule has 3 aromatic rings. The van der Waals surface area contributed by atoms with Crippen LogP contribution < -0.4 is 15.6 Å². The first-order chi connectivity index (χ1) is 12.1. The lowest BCUT2D eigenvalue weighted by molar-refractivity contribution is -0.130. The van der Waals surface area contributed by atoms with E-state index in [9.17, 15) is 4.79 Å². The van der Waals surface area contributed by atoms with Crippen molar-refractivity contribution in [2.24, 2.45) is 0 Å². The van der Waals surface area contributed by atoms with Crippen LogP contribution in [0.2, 0.25) is 0 Å². The van der Waals surface area contributed by atoms with Crippen molar-refractivity contribution in [1.29, 1.82) is 0 Å². The van der Waals surface area contributed by atoms with Gasteiger partial charge in [0.25, 0.3) is 0 Å². The maximum atomic E-state index is 12.6.